The van der Waals surface area contributed by atoms with Crippen LogP contribution in [-0.4, -0.2) is 0 Å². The molecular formula is C36H40N2. The van der Waals surface area contributed by atoms with Gasteiger partial charge in [0, 0.05) is 0 Å². The summed E-state index contributed by atoms with van der Waals surface area (Å²) < 4.78 is 0. The summed E-state index contributed by atoms with van der Waals surface area (Å²) in [4.78, 5) is 0. The SMILES string of the molecule is CCCCCCc1cc(C(C#N)=Cc2ccccc2)c(CCCCCC)cc1C(C#N)=Cc1ccccc1. The highest BCUT2D eigenvalue weighted by Gasteiger charge is 2.16. The van der Waals surface area contributed by atoms with Gasteiger partial charge in [0.15, 0.2) is 0 Å². The Hall–Kier alpha value is -3.88. The molecule has 0 aliphatic heterocycles. The number of unbranched alkanes of at least 4 members (excludes halogenated alkanes) is 6. The molecule has 2 nitrogen and oxygen atoms in total. The second kappa shape index (κ2) is 16.1. The van der Waals surface area contributed by atoms with Crippen LogP contribution in [0.5, 0.6) is 0 Å². The summed E-state index contributed by atoms with van der Waals surface area (Å²) in [6, 6.07) is 29.6. The van der Waals surface area contributed by atoms with E-state index in [1.807, 2.05) is 72.8 Å². The van der Waals surface area contributed by atoms with E-state index in [0.717, 1.165) is 59.1 Å². The van der Waals surface area contributed by atoms with Gasteiger partial charge in [0.05, 0.1) is 23.3 Å². The fraction of sp³-hybridized carbons (Fsp3) is 0.333. The monoisotopic (exact) mass is 500 g/mol. The van der Waals surface area contributed by atoms with Gasteiger partial charge in [-0.15, -0.1) is 0 Å². The summed E-state index contributed by atoms with van der Waals surface area (Å²) in [6.07, 6.45) is 15.1. The van der Waals surface area contributed by atoms with Crippen LogP contribution in [0.15, 0.2) is 72.8 Å². The lowest BCUT2D eigenvalue weighted by Crippen LogP contribution is -2.02. The molecule has 3 rings (SSSR count). The molecule has 3 aromatic carbocycles. The summed E-state index contributed by atoms with van der Waals surface area (Å²) in [5, 5.41) is 20.5. The van der Waals surface area contributed by atoms with E-state index in [4.69, 9.17) is 0 Å². The molecule has 0 unspecified atom stereocenters. The highest BCUT2D eigenvalue weighted by Crippen LogP contribution is 2.32. The molecule has 0 saturated carbocycles. The van der Waals surface area contributed by atoms with Crippen LogP contribution >= 0.6 is 0 Å². The number of nitriles is 2. The van der Waals surface area contributed by atoms with Crippen molar-refractivity contribution in [1.82, 2.24) is 0 Å². The zero-order chi connectivity index (χ0) is 27.0. The number of aryl methyl sites for hydroxylation is 2. The smallest absolute Gasteiger partial charge is 0.0998 e. The number of nitrogens with zero attached hydrogens (tertiary/aromatic N) is 2. The van der Waals surface area contributed by atoms with Crippen molar-refractivity contribution < 1.29 is 0 Å². The van der Waals surface area contributed by atoms with Gasteiger partial charge in [-0.05, 0) is 83.3 Å². The van der Waals surface area contributed by atoms with Crippen LogP contribution in [0.1, 0.15) is 98.6 Å². The first-order valence-corrected chi connectivity index (χ1v) is 14.2. The summed E-state index contributed by atoms with van der Waals surface area (Å²) in [5.41, 5.74) is 7.77. The Morgan fingerprint density at radius 3 is 1.32 bits per heavy atom. The predicted molar refractivity (Wildman–Crippen MR) is 162 cm³/mol. The number of hydrogen-bond acceptors (Lipinski definition) is 2. The summed E-state index contributed by atoms with van der Waals surface area (Å²) in [5.74, 6) is 0. The number of benzene rings is 3. The van der Waals surface area contributed by atoms with Crippen LogP contribution in [0.3, 0.4) is 0 Å². The first kappa shape index (κ1) is 28.7. The topological polar surface area (TPSA) is 47.6 Å². The molecule has 0 amide bonds. The Morgan fingerprint density at radius 2 is 0.974 bits per heavy atom. The quantitative estimate of drug-likeness (QED) is 0.126. The summed E-state index contributed by atoms with van der Waals surface area (Å²) in [6.45, 7) is 4.45. The van der Waals surface area contributed by atoms with Crippen molar-refractivity contribution >= 4 is 23.3 Å². The van der Waals surface area contributed by atoms with Crippen LogP contribution in [0.2, 0.25) is 0 Å². The number of rotatable bonds is 14. The molecule has 0 bridgehead atoms. The lowest BCUT2D eigenvalue weighted by molar-refractivity contribution is 0.662. The van der Waals surface area contributed by atoms with Gasteiger partial charge in [-0.2, -0.15) is 10.5 Å². The lowest BCUT2D eigenvalue weighted by atomic mass is 9.86. The number of allylic oxidation sites excluding steroid dienone is 2. The predicted octanol–water partition coefficient (Wildman–Crippen LogP) is 10.1. The van der Waals surface area contributed by atoms with E-state index >= 15 is 0 Å². The van der Waals surface area contributed by atoms with Crippen LogP contribution in [0.4, 0.5) is 0 Å². The molecule has 0 spiro atoms. The Bertz CT molecular complexity index is 1180. The molecule has 38 heavy (non-hydrogen) atoms. The van der Waals surface area contributed by atoms with Gasteiger partial charge in [-0.1, -0.05) is 113 Å². The van der Waals surface area contributed by atoms with Crippen molar-refractivity contribution in [1.29, 1.82) is 10.5 Å². The Balaban J connectivity index is 2.15. The van der Waals surface area contributed by atoms with Crippen molar-refractivity contribution in [2.45, 2.75) is 78.1 Å². The fourth-order valence-corrected chi connectivity index (χ4v) is 4.86. The van der Waals surface area contributed by atoms with E-state index < -0.39 is 0 Å². The van der Waals surface area contributed by atoms with Gasteiger partial charge >= 0.3 is 0 Å². The van der Waals surface area contributed by atoms with Gasteiger partial charge < -0.3 is 0 Å². The molecule has 0 fully saturated rings. The highest BCUT2D eigenvalue weighted by atomic mass is 14.3. The summed E-state index contributed by atoms with van der Waals surface area (Å²) in [7, 11) is 0. The molecule has 0 heterocycles. The molecule has 0 saturated heterocycles. The normalized spacial score (nSPS) is 11.7. The van der Waals surface area contributed by atoms with Crippen molar-refractivity contribution in [3.63, 3.8) is 0 Å². The molecule has 0 radical (unpaired) electrons. The Labute approximate surface area is 230 Å². The molecule has 0 aliphatic rings. The van der Waals surface area contributed by atoms with E-state index in [9.17, 15) is 10.5 Å². The van der Waals surface area contributed by atoms with Gasteiger partial charge in [0.2, 0.25) is 0 Å². The summed E-state index contributed by atoms with van der Waals surface area (Å²) >= 11 is 0. The third-order valence-corrected chi connectivity index (χ3v) is 6.97. The molecular weight excluding hydrogens is 460 g/mol. The average Bonchev–Trinajstić information content (AvgIpc) is 2.96. The number of hydrogen-bond donors (Lipinski definition) is 0. The molecule has 2 heteroatoms. The van der Waals surface area contributed by atoms with Gasteiger partial charge in [0.25, 0.3) is 0 Å². The fourth-order valence-electron chi connectivity index (χ4n) is 4.86. The molecule has 3 aromatic rings. The van der Waals surface area contributed by atoms with Crippen molar-refractivity contribution in [3.05, 3.63) is 106 Å². The maximum atomic E-state index is 10.2. The molecule has 194 valence electrons. The van der Waals surface area contributed by atoms with E-state index in [2.05, 4.69) is 38.1 Å². The molecule has 0 aromatic heterocycles. The maximum absolute atomic E-state index is 10.2. The first-order valence-electron chi connectivity index (χ1n) is 14.2. The zero-order valence-corrected chi connectivity index (χ0v) is 23.0. The van der Waals surface area contributed by atoms with Crippen LogP contribution in [0.25, 0.3) is 23.3 Å². The van der Waals surface area contributed by atoms with E-state index in [0.29, 0.717) is 11.1 Å². The minimum absolute atomic E-state index is 0.689. The van der Waals surface area contributed by atoms with Gasteiger partial charge in [-0.3, -0.25) is 0 Å². The Kier molecular flexibility index (Phi) is 12.1. The second-order valence-electron chi connectivity index (χ2n) is 9.95. The maximum Gasteiger partial charge on any atom is 0.0998 e. The van der Waals surface area contributed by atoms with Gasteiger partial charge in [0.1, 0.15) is 0 Å². The molecule has 0 N–H and O–H groups in total. The van der Waals surface area contributed by atoms with E-state index in [1.165, 1.54) is 38.5 Å². The van der Waals surface area contributed by atoms with Crippen LogP contribution < -0.4 is 0 Å². The lowest BCUT2D eigenvalue weighted by Gasteiger charge is -2.17. The van der Waals surface area contributed by atoms with Crippen molar-refractivity contribution in [2.24, 2.45) is 0 Å². The minimum atomic E-state index is 0.689. The zero-order valence-electron chi connectivity index (χ0n) is 23.0. The van der Waals surface area contributed by atoms with Gasteiger partial charge in [-0.25, -0.2) is 0 Å². The molecule has 0 aliphatic carbocycles. The third-order valence-electron chi connectivity index (χ3n) is 6.97. The average molecular weight is 501 g/mol. The van der Waals surface area contributed by atoms with E-state index in [-0.39, 0.29) is 0 Å². The van der Waals surface area contributed by atoms with Crippen LogP contribution in [-0.2, 0) is 12.8 Å². The standard InChI is InChI=1S/C36H40N2/c1-3-5-7-15-21-31-25-36(34(28-38)24-30-19-13-10-14-20-30)32(22-16-8-6-4-2)26-35(31)33(27-37)23-29-17-11-9-12-18-29/h9-14,17-20,23-26H,3-8,15-16,21-22H2,1-2H3. The first-order chi connectivity index (χ1) is 18.7. The second-order valence-corrected chi connectivity index (χ2v) is 9.95. The highest BCUT2D eigenvalue weighted by molar-refractivity contribution is 5.94. The molecule has 0 atom stereocenters. The minimum Gasteiger partial charge on any atom is -0.192 e. The van der Waals surface area contributed by atoms with E-state index in [1.54, 1.807) is 0 Å². The largest absolute Gasteiger partial charge is 0.192 e. The van der Waals surface area contributed by atoms with Crippen molar-refractivity contribution in [2.75, 3.05) is 0 Å². The third kappa shape index (κ3) is 8.61. The van der Waals surface area contributed by atoms with Crippen molar-refractivity contribution in [3.8, 4) is 12.1 Å². The Morgan fingerprint density at radius 1 is 0.579 bits per heavy atom. The van der Waals surface area contributed by atoms with Crippen LogP contribution in [0, 0.1) is 22.7 Å².